The predicted molar refractivity (Wildman–Crippen MR) is 147 cm³/mol. The maximum Gasteiger partial charge on any atom is 0.430 e. The van der Waals surface area contributed by atoms with E-state index in [2.05, 4.69) is 15.2 Å². The maximum atomic E-state index is 14.1. The Morgan fingerprint density at radius 2 is 1.93 bits per heavy atom. The molecule has 2 aromatic rings. The second kappa shape index (κ2) is 11.0. The number of aromatic nitrogens is 1. The molecule has 1 aromatic heterocycles. The highest BCUT2D eigenvalue weighted by Gasteiger charge is 2.62. The molecule has 2 amide bonds. The van der Waals surface area contributed by atoms with E-state index in [-0.39, 0.29) is 40.7 Å². The lowest BCUT2D eigenvalue weighted by atomic mass is 9.89. The molecule has 5 rings (SSSR count). The average Bonchev–Trinajstić information content (AvgIpc) is 3.88. The highest BCUT2D eigenvalue weighted by Crippen LogP contribution is 2.61. The molecule has 2 aliphatic carbocycles. The van der Waals surface area contributed by atoms with Gasteiger partial charge in [-0.3, -0.25) is 9.59 Å². The minimum Gasteiger partial charge on any atom is -0.497 e. The summed E-state index contributed by atoms with van der Waals surface area (Å²) < 4.78 is 47.2. The number of aliphatic hydroxyl groups is 1. The molecule has 2 N–H and O–H groups in total. The number of hydrogen-bond donors (Lipinski definition) is 2. The van der Waals surface area contributed by atoms with Gasteiger partial charge in [-0.25, -0.2) is 4.98 Å². The van der Waals surface area contributed by atoms with Gasteiger partial charge in [0.15, 0.2) is 0 Å². The van der Waals surface area contributed by atoms with Gasteiger partial charge in [0.1, 0.15) is 16.7 Å². The predicted octanol–water partition coefficient (Wildman–Crippen LogP) is 4.54. The van der Waals surface area contributed by atoms with Crippen molar-refractivity contribution in [2.24, 2.45) is 11.3 Å². The summed E-state index contributed by atoms with van der Waals surface area (Å²) in [5.41, 5.74) is -3.81. The van der Waals surface area contributed by atoms with Gasteiger partial charge in [0.2, 0.25) is 0 Å². The van der Waals surface area contributed by atoms with Crippen LogP contribution >= 0.6 is 11.6 Å². The zero-order valence-corrected chi connectivity index (χ0v) is 23.8. The van der Waals surface area contributed by atoms with Crippen molar-refractivity contribution in [3.8, 4) is 5.75 Å². The summed E-state index contributed by atoms with van der Waals surface area (Å²) in [7, 11) is 2.59. The number of alkyl halides is 3. The summed E-state index contributed by atoms with van der Waals surface area (Å²) in [5, 5.41) is 13.8. The van der Waals surface area contributed by atoms with Gasteiger partial charge >= 0.3 is 6.18 Å². The van der Waals surface area contributed by atoms with Crippen LogP contribution in [0.2, 0.25) is 5.15 Å². The van der Waals surface area contributed by atoms with Crippen LogP contribution in [-0.2, 0) is 10.4 Å². The fraction of sp³-hybridized carbons (Fsp3) is 0.552. The Bertz CT molecular complexity index is 1310. The maximum absolute atomic E-state index is 14.1. The second-order valence-electron chi connectivity index (χ2n) is 11.5. The van der Waals surface area contributed by atoms with Gasteiger partial charge in [-0.1, -0.05) is 23.7 Å². The van der Waals surface area contributed by atoms with Crippen molar-refractivity contribution in [2.75, 3.05) is 38.7 Å². The fourth-order valence-electron chi connectivity index (χ4n) is 5.88. The van der Waals surface area contributed by atoms with Gasteiger partial charge in [-0.2, -0.15) is 13.2 Å². The van der Waals surface area contributed by atoms with Crippen molar-refractivity contribution in [3.05, 3.63) is 52.7 Å². The number of hydrogen-bond acceptors (Lipinski definition) is 6. The molecule has 3 fully saturated rings. The number of carbonyl (C=O) groups is 2. The molecule has 3 aliphatic rings. The number of pyridine rings is 1. The lowest BCUT2D eigenvalue weighted by molar-refractivity contribution is -0.261. The normalized spacial score (nSPS) is 21.2. The summed E-state index contributed by atoms with van der Waals surface area (Å²) in [6.45, 7) is 1.58. The van der Waals surface area contributed by atoms with Crippen molar-refractivity contribution < 1.29 is 32.6 Å². The number of halogens is 4. The molecule has 1 aromatic carbocycles. The third kappa shape index (κ3) is 5.83. The van der Waals surface area contributed by atoms with Gasteiger partial charge < -0.3 is 25.0 Å². The van der Waals surface area contributed by atoms with E-state index in [0.29, 0.717) is 17.8 Å². The molecule has 2 heterocycles. The van der Waals surface area contributed by atoms with Gasteiger partial charge in [0, 0.05) is 38.3 Å². The molecule has 1 aliphatic heterocycles. The number of carbonyl (C=O) groups excluding carboxylic acids is 2. The first-order chi connectivity index (χ1) is 19.4. The van der Waals surface area contributed by atoms with Crippen molar-refractivity contribution in [1.82, 2.24) is 15.2 Å². The SMILES string of the molecule is COc1cccc([C@@](O)(C(=O)N(C)CC[C@H]2CC23CCN(c2ccc(C(=O)NC4CC4)c(Cl)n2)CC3)C(F)(F)F)c1. The third-order valence-electron chi connectivity index (χ3n) is 8.80. The van der Waals surface area contributed by atoms with Crippen LogP contribution in [0, 0.1) is 11.3 Å². The van der Waals surface area contributed by atoms with E-state index in [4.69, 9.17) is 16.3 Å². The Labute approximate surface area is 241 Å². The van der Waals surface area contributed by atoms with Crippen LogP contribution in [0.5, 0.6) is 5.75 Å². The van der Waals surface area contributed by atoms with E-state index >= 15 is 0 Å². The number of methoxy groups -OCH3 is 1. The molecule has 0 unspecified atom stereocenters. The van der Waals surface area contributed by atoms with Crippen LogP contribution < -0.4 is 15.0 Å². The summed E-state index contributed by atoms with van der Waals surface area (Å²) in [4.78, 5) is 32.9. The van der Waals surface area contributed by atoms with E-state index in [9.17, 15) is 27.9 Å². The van der Waals surface area contributed by atoms with Crippen LogP contribution in [0.1, 0.15) is 54.4 Å². The molecule has 8 nitrogen and oxygen atoms in total. The Balaban J connectivity index is 1.16. The molecule has 2 saturated carbocycles. The molecule has 0 bridgehead atoms. The van der Waals surface area contributed by atoms with Crippen LogP contribution in [0.15, 0.2) is 36.4 Å². The zero-order valence-electron chi connectivity index (χ0n) is 23.0. The first-order valence-electron chi connectivity index (χ1n) is 13.8. The Morgan fingerprint density at radius 1 is 1.22 bits per heavy atom. The quantitative estimate of drug-likeness (QED) is 0.414. The molecule has 1 saturated heterocycles. The number of anilines is 1. The molecule has 41 heavy (non-hydrogen) atoms. The minimum absolute atomic E-state index is 0.0847. The van der Waals surface area contributed by atoms with Crippen molar-refractivity contribution in [2.45, 2.75) is 56.3 Å². The highest BCUT2D eigenvalue weighted by molar-refractivity contribution is 6.32. The third-order valence-corrected chi connectivity index (χ3v) is 9.09. The number of benzene rings is 1. The largest absolute Gasteiger partial charge is 0.497 e. The van der Waals surface area contributed by atoms with Crippen LogP contribution in [0.4, 0.5) is 19.0 Å². The number of likely N-dealkylation sites (N-methyl/N-ethyl adjacent to an activating group) is 1. The molecule has 0 radical (unpaired) electrons. The minimum atomic E-state index is -5.21. The van der Waals surface area contributed by atoms with E-state index in [0.717, 1.165) is 62.2 Å². The number of piperidine rings is 1. The van der Waals surface area contributed by atoms with Crippen molar-refractivity contribution in [3.63, 3.8) is 0 Å². The number of ether oxygens (including phenoxy) is 1. The van der Waals surface area contributed by atoms with Crippen molar-refractivity contribution in [1.29, 1.82) is 0 Å². The van der Waals surface area contributed by atoms with E-state index in [1.54, 1.807) is 12.1 Å². The lowest BCUT2D eigenvalue weighted by Gasteiger charge is -2.35. The standard InChI is InChI=1S/C29H34ClF3N4O4/c1-36(26(39)28(40,29(31,32)33)18-4-3-5-21(16-18)41-2)13-10-19-17-27(19)11-14-37(15-12-27)23-9-8-22(24(30)35-23)25(38)34-20-6-7-20/h3-5,8-9,16,19-20,40H,6-7,10-15,17H2,1-2H3,(H,34,38)/t19-,28+/m0/s1. The first-order valence-corrected chi connectivity index (χ1v) is 14.2. The van der Waals surface area contributed by atoms with Crippen molar-refractivity contribution >= 4 is 29.2 Å². The Hall–Kier alpha value is -3.05. The highest BCUT2D eigenvalue weighted by atomic mass is 35.5. The molecule has 12 heteroatoms. The van der Waals surface area contributed by atoms with Gasteiger partial charge in [0.05, 0.1) is 12.7 Å². The topological polar surface area (TPSA) is 95.0 Å². The average molecular weight is 595 g/mol. The van der Waals surface area contributed by atoms with Gasteiger partial charge in [-0.15, -0.1) is 0 Å². The monoisotopic (exact) mass is 594 g/mol. The van der Waals surface area contributed by atoms with E-state index in [1.165, 1.54) is 26.3 Å². The zero-order chi connectivity index (χ0) is 29.6. The molecular formula is C29H34ClF3N4O4. The van der Waals surface area contributed by atoms with Crippen LogP contribution in [0.25, 0.3) is 0 Å². The summed E-state index contributed by atoms with van der Waals surface area (Å²) in [6, 6.07) is 8.59. The summed E-state index contributed by atoms with van der Waals surface area (Å²) in [6.07, 6.45) is 0.00623. The first kappa shape index (κ1) is 29.4. The molecule has 1 spiro atoms. The number of nitrogens with one attached hydrogen (secondary N) is 1. The second-order valence-corrected chi connectivity index (χ2v) is 11.8. The summed E-state index contributed by atoms with van der Waals surface area (Å²) in [5.74, 6) is -0.532. The smallest absolute Gasteiger partial charge is 0.430 e. The van der Waals surface area contributed by atoms with Gasteiger partial charge in [0.25, 0.3) is 17.4 Å². The van der Waals surface area contributed by atoms with E-state index < -0.39 is 23.2 Å². The van der Waals surface area contributed by atoms with E-state index in [1.807, 2.05) is 0 Å². The number of nitrogens with zero attached hydrogens (tertiary/aromatic N) is 3. The van der Waals surface area contributed by atoms with Crippen LogP contribution in [0.3, 0.4) is 0 Å². The van der Waals surface area contributed by atoms with Crippen LogP contribution in [-0.4, -0.2) is 72.8 Å². The Morgan fingerprint density at radius 3 is 2.54 bits per heavy atom. The molecule has 2 atom stereocenters. The molecule has 222 valence electrons. The molecular weight excluding hydrogens is 561 g/mol. The lowest BCUT2D eigenvalue weighted by Crippen LogP contribution is -2.55. The number of amides is 2. The number of rotatable bonds is 9. The Kier molecular flexibility index (Phi) is 7.88. The van der Waals surface area contributed by atoms with Gasteiger partial charge in [-0.05, 0) is 74.1 Å². The fourth-order valence-corrected chi connectivity index (χ4v) is 6.11. The summed E-state index contributed by atoms with van der Waals surface area (Å²) >= 11 is 6.32.